The SMILES string of the molecule is Cc1ccc(CN2CCC(C(=O)Nc3ccc(C(F)(F)F)cc3)CC2)cc1. The Bertz CT molecular complexity index is 762. The standard InChI is InChI=1S/C21H23F3N2O/c1-15-2-4-16(5-3-15)14-26-12-10-17(11-13-26)20(27)25-19-8-6-18(7-9-19)21(22,23)24/h2-9,17H,10-14H2,1H3,(H,25,27). The predicted octanol–water partition coefficient (Wildman–Crippen LogP) is 4.86. The second-order valence-electron chi connectivity index (χ2n) is 7.10. The van der Waals surface area contributed by atoms with Crippen LogP contribution in [0.2, 0.25) is 0 Å². The summed E-state index contributed by atoms with van der Waals surface area (Å²) in [5, 5.41) is 2.74. The third-order valence-corrected chi connectivity index (χ3v) is 4.96. The number of likely N-dealkylation sites (tertiary alicyclic amines) is 1. The summed E-state index contributed by atoms with van der Waals surface area (Å²) in [6.07, 6.45) is -2.87. The van der Waals surface area contributed by atoms with Crippen LogP contribution in [0.3, 0.4) is 0 Å². The van der Waals surface area contributed by atoms with Gasteiger partial charge in [-0.1, -0.05) is 29.8 Å². The van der Waals surface area contributed by atoms with E-state index < -0.39 is 11.7 Å². The van der Waals surface area contributed by atoms with Crippen LogP contribution < -0.4 is 5.32 Å². The van der Waals surface area contributed by atoms with E-state index >= 15 is 0 Å². The van der Waals surface area contributed by atoms with Gasteiger partial charge in [0.05, 0.1) is 5.56 Å². The molecule has 0 aromatic heterocycles. The molecule has 0 saturated carbocycles. The average Bonchev–Trinajstić information content (AvgIpc) is 2.64. The van der Waals surface area contributed by atoms with Crippen molar-refractivity contribution in [1.82, 2.24) is 4.90 Å². The Hall–Kier alpha value is -2.34. The van der Waals surface area contributed by atoms with E-state index in [1.807, 2.05) is 0 Å². The van der Waals surface area contributed by atoms with Crippen molar-refractivity contribution < 1.29 is 18.0 Å². The van der Waals surface area contributed by atoms with E-state index in [-0.39, 0.29) is 11.8 Å². The number of nitrogens with one attached hydrogen (secondary N) is 1. The monoisotopic (exact) mass is 376 g/mol. The number of amides is 1. The summed E-state index contributed by atoms with van der Waals surface area (Å²) >= 11 is 0. The molecular weight excluding hydrogens is 353 g/mol. The van der Waals surface area contributed by atoms with Gasteiger partial charge in [0.15, 0.2) is 0 Å². The number of hydrogen-bond donors (Lipinski definition) is 1. The maximum atomic E-state index is 12.6. The minimum Gasteiger partial charge on any atom is -0.326 e. The lowest BCUT2D eigenvalue weighted by Gasteiger charge is -2.31. The number of hydrogen-bond acceptors (Lipinski definition) is 2. The lowest BCUT2D eigenvalue weighted by Crippen LogP contribution is -2.37. The van der Waals surface area contributed by atoms with Crippen LogP contribution in [0.4, 0.5) is 18.9 Å². The number of alkyl halides is 3. The van der Waals surface area contributed by atoms with Gasteiger partial charge in [0, 0.05) is 18.2 Å². The summed E-state index contributed by atoms with van der Waals surface area (Å²) in [5.41, 5.74) is 2.17. The Morgan fingerprint density at radius 2 is 1.63 bits per heavy atom. The first-order valence-corrected chi connectivity index (χ1v) is 9.07. The molecule has 1 heterocycles. The molecule has 1 aliphatic heterocycles. The Balaban J connectivity index is 1.49. The van der Waals surface area contributed by atoms with E-state index in [0.717, 1.165) is 44.6 Å². The van der Waals surface area contributed by atoms with Crippen molar-refractivity contribution in [3.8, 4) is 0 Å². The lowest BCUT2D eigenvalue weighted by atomic mass is 9.95. The molecule has 2 aromatic rings. The highest BCUT2D eigenvalue weighted by Gasteiger charge is 2.30. The van der Waals surface area contributed by atoms with Crippen molar-refractivity contribution in [2.24, 2.45) is 5.92 Å². The maximum Gasteiger partial charge on any atom is 0.416 e. The average molecular weight is 376 g/mol. The van der Waals surface area contributed by atoms with Crippen molar-refractivity contribution >= 4 is 11.6 Å². The minimum absolute atomic E-state index is 0.110. The number of carbonyl (C=O) groups excluding carboxylic acids is 1. The fourth-order valence-electron chi connectivity index (χ4n) is 3.29. The fraction of sp³-hybridized carbons (Fsp3) is 0.381. The third-order valence-electron chi connectivity index (χ3n) is 4.96. The minimum atomic E-state index is -4.37. The molecule has 6 heteroatoms. The predicted molar refractivity (Wildman–Crippen MR) is 99.3 cm³/mol. The zero-order valence-electron chi connectivity index (χ0n) is 15.2. The summed E-state index contributed by atoms with van der Waals surface area (Å²) in [7, 11) is 0. The molecule has 3 rings (SSSR count). The van der Waals surface area contributed by atoms with Gasteiger partial charge in [-0.25, -0.2) is 0 Å². The molecular formula is C21H23F3N2O. The van der Waals surface area contributed by atoms with Gasteiger partial charge >= 0.3 is 6.18 Å². The summed E-state index contributed by atoms with van der Waals surface area (Å²) in [6.45, 7) is 4.59. The molecule has 1 fully saturated rings. The molecule has 1 amide bonds. The first-order chi connectivity index (χ1) is 12.8. The molecule has 0 spiro atoms. The van der Waals surface area contributed by atoms with Gasteiger partial charge < -0.3 is 5.32 Å². The molecule has 144 valence electrons. The second kappa shape index (κ2) is 8.13. The van der Waals surface area contributed by atoms with Gasteiger partial charge in [-0.15, -0.1) is 0 Å². The van der Waals surface area contributed by atoms with E-state index in [0.29, 0.717) is 5.69 Å². The zero-order chi connectivity index (χ0) is 19.4. The number of rotatable bonds is 4. The van der Waals surface area contributed by atoms with Crippen LogP contribution in [0.25, 0.3) is 0 Å². The molecule has 3 nitrogen and oxygen atoms in total. The normalized spacial score (nSPS) is 16.3. The van der Waals surface area contributed by atoms with Crippen LogP contribution in [0.1, 0.15) is 29.5 Å². The molecule has 0 unspecified atom stereocenters. The lowest BCUT2D eigenvalue weighted by molar-refractivity contribution is -0.137. The second-order valence-corrected chi connectivity index (χ2v) is 7.10. The fourth-order valence-corrected chi connectivity index (χ4v) is 3.29. The molecule has 27 heavy (non-hydrogen) atoms. The molecule has 1 aliphatic rings. The topological polar surface area (TPSA) is 32.3 Å². The molecule has 1 N–H and O–H groups in total. The highest BCUT2D eigenvalue weighted by atomic mass is 19.4. The maximum absolute atomic E-state index is 12.6. The van der Waals surface area contributed by atoms with E-state index in [1.165, 1.54) is 23.3 Å². The molecule has 1 saturated heterocycles. The van der Waals surface area contributed by atoms with Crippen molar-refractivity contribution in [2.75, 3.05) is 18.4 Å². The zero-order valence-corrected chi connectivity index (χ0v) is 15.2. The highest BCUT2D eigenvalue weighted by Crippen LogP contribution is 2.30. The Labute approximate surface area is 157 Å². The van der Waals surface area contributed by atoms with Crippen LogP contribution in [0.5, 0.6) is 0 Å². The van der Waals surface area contributed by atoms with Crippen LogP contribution in [0.15, 0.2) is 48.5 Å². The smallest absolute Gasteiger partial charge is 0.326 e. The summed E-state index contributed by atoms with van der Waals surface area (Å²) < 4.78 is 37.8. The van der Waals surface area contributed by atoms with Crippen LogP contribution in [0, 0.1) is 12.8 Å². The van der Waals surface area contributed by atoms with Gasteiger partial charge in [0.2, 0.25) is 5.91 Å². The number of aryl methyl sites for hydroxylation is 1. The van der Waals surface area contributed by atoms with E-state index in [4.69, 9.17) is 0 Å². The van der Waals surface area contributed by atoms with Gasteiger partial charge in [0.1, 0.15) is 0 Å². The molecule has 0 atom stereocenters. The van der Waals surface area contributed by atoms with E-state index in [2.05, 4.69) is 41.4 Å². The Kier molecular flexibility index (Phi) is 5.85. The van der Waals surface area contributed by atoms with Crippen LogP contribution in [-0.2, 0) is 17.5 Å². The quantitative estimate of drug-likeness (QED) is 0.826. The Morgan fingerprint density at radius 3 is 2.19 bits per heavy atom. The number of nitrogens with zero attached hydrogens (tertiary/aromatic N) is 1. The van der Waals surface area contributed by atoms with Crippen LogP contribution >= 0.6 is 0 Å². The number of benzene rings is 2. The molecule has 0 radical (unpaired) electrons. The highest BCUT2D eigenvalue weighted by molar-refractivity contribution is 5.92. The largest absolute Gasteiger partial charge is 0.416 e. The van der Waals surface area contributed by atoms with Crippen molar-refractivity contribution in [1.29, 1.82) is 0 Å². The first-order valence-electron chi connectivity index (χ1n) is 9.07. The van der Waals surface area contributed by atoms with Gasteiger partial charge in [-0.2, -0.15) is 13.2 Å². The summed E-state index contributed by atoms with van der Waals surface area (Å²) in [5.74, 6) is -0.230. The summed E-state index contributed by atoms with van der Waals surface area (Å²) in [6, 6.07) is 13.0. The molecule has 0 bridgehead atoms. The number of carbonyl (C=O) groups is 1. The van der Waals surface area contributed by atoms with Crippen LogP contribution in [-0.4, -0.2) is 23.9 Å². The van der Waals surface area contributed by atoms with E-state index in [1.54, 1.807) is 0 Å². The van der Waals surface area contributed by atoms with E-state index in [9.17, 15) is 18.0 Å². The van der Waals surface area contributed by atoms with Crippen molar-refractivity contribution in [2.45, 2.75) is 32.5 Å². The first kappa shape index (κ1) is 19.4. The Morgan fingerprint density at radius 1 is 1.04 bits per heavy atom. The van der Waals surface area contributed by atoms with Gasteiger partial charge in [-0.3, -0.25) is 9.69 Å². The van der Waals surface area contributed by atoms with Gasteiger partial charge in [-0.05, 0) is 62.7 Å². The van der Waals surface area contributed by atoms with Gasteiger partial charge in [0.25, 0.3) is 0 Å². The third kappa shape index (κ3) is 5.32. The van der Waals surface area contributed by atoms with Crippen molar-refractivity contribution in [3.63, 3.8) is 0 Å². The number of anilines is 1. The molecule has 0 aliphatic carbocycles. The summed E-state index contributed by atoms with van der Waals surface area (Å²) in [4.78, 5) is 14.7. The number of piperidine rings is 1. The molecule has 2 aromatic carbocycles. The number of halogens is 3. The van der Waals surface area contributed by atoms with Crippen molar-refractivity contribution in [3.05, 3.63) is 65.2 Å².